The first-order valence-electron chi connectivity index (χ1n) is 7.35. The third kappa shape index (κ3) is 2.88. The number of hydrogen-bond donors (Lipinski definition) is 1. The highest BCUT2D eigenvalue weighted by atomic mass is 32.2. The zero-order valence-corrected chi connectivity index (χ0v) is 14.1. The van der Waals surface area contributed by atoms with E-state index >= 15 is 0 Å². The lowest BCUT2D eigenvalue weighted by Gasteiger charge is -2.17. The second-order valence-corrected chi connectivity index (χ2v) is 8.03. The fourth-order valence-electron chi connectivity index (χ4n) is 2.98. The Morgan fingerprint density at radius 1 is 1.35 bits per heavy atom. The van der Waals surface area contributed by atoms with Gasteiger partial charge in [-0.2, -0.15) is 18.3 Å². The summed E-state index contributed by atoms with van der Waals surface area (Å²) in [6.07, 6.45) is -0.591. The average Bonchev–Trinajstić information content (AvgIpc) is 3.01. The van der Waals surface area contributed by atoms with Crippen molar-refractivity contribution in [2.24, 2.45) is 0 Å². The van der Waals surface area contributed by atoms with Crippen molar-refractivity contribution in [3.63, 3.8) is 0 Å². The Morgan fingerprint density at radius 3 is 2.54 bits per heavy atom. The number of fused-ring (bicyclic) bond motifs is 1. The maximum atomic E-state index is 14.0. The van der Waals surface area contributed by atoms with Gasteiger partial charge in [0.1, 0.15) is 6.10 Å². The number of aliphatic hydroxyl groups is 1. The van der Waals surface area contributed by atoms with E-state index in [1.54, 1.807) is 13.1 Å². The van der Waals surface area contributed by atoms with Gasteiger partial charge in [0.05, 0.1) is 17.6 Å². The number of halogens is 5. The first-order valence-corrected chi connectivity index (χ1v) is 8.84. The first kappa shape index (κ1) is 18.8. The third-order valence-corrected chi connectivity index (χ3v) is 5.73. The molecule has 0 amide bonds. The van der Waals surface area contributed by atoms with E-state index in [1.165, 1.54) is 10.9 Å². The molecule has 1 heterocycles. The Balaban J connectivity index is 2.19. The fraction of sp³-hybridized carbons (Fsp3) is 0.400. The van der Waals surface area contributed by atoms with Crippen LogP contribution in [0.15, 0.2) is 29.4 Å². The number of benzene rings is 1. The van der Waals surface area contributed by atoms with Crippen molar-refractivity contribution in [1.29, 1.82) is 0 Å². The van der Waals surface area contributed by atoms with Crippen molar-refractivity contribution in [1.82, 2.24) is 9.78 Å². The minimum Gasteiger partial charge on any atom is -0.382 e. The summed E-state index contributed by atoms with van der Waals surface area (Å²) in [5.74, 6) is -3.77. The molecule has 0 saturated carbocycles. The van der Waals surface area contributed by atoms with Crippen LogP contribution in [0.25, 0.3) is 0 Å². The molecule has 1 aromatic carbocycles. The number of aryl methyl sites for hydroxylation is 1. The van der Waals surface area contributed by atoms with Crippen molar-refractivity contribution in [2.75, 3.05) is 0 Å². The minimum absolute atomic E-state index is 0.0503. The lowest BCUT2D eigenvalue weighted by atomic mass is 10.0. The van der Waals surface area contributed by atoms with Crippen LogP contribution < -0.4 is 0 Å². The summed E-state index contributed by atoms with van der Waals surface area (Å²) in [6.45, 7) is 1.69. The Bertz CT molecular complexity index is 966. The largest absolute Gasteiger partial charge is 0.501 e. The highest BCUT2D eigenvalue weighted by Crippen LogP contribution is 2.48. The summed E-state index contributed by atoms with van der Waals surface area (Å²) in [4.78, 5) is -1.34. The van der Waals surface area contributed by atoms with Gasteiger partial charge in [-0.1, -0.05) is 6.07 Å². The molecule has 3 rings (SSSR count). The van der Waals surface area contributed by atoms with Crippen molar-refractivity contribution in [3.8, 4) is 0 Å². The number of alkyl halides is 5. The van der Waals surface area contributed by atoms with E-state index < -0.39 is 44.3 Å². The molecule has 26 heavy (non-hydrogen) atoms. The summed E-state index contributed by atoms with van der Waals surface area (Å²) in [5.41, 5.74) is -5.92. The smallest absolute Gasteiger partial charge is 0.382 e. The molecular formula is C15H13F5N2O3S. The monoisotopic (exact) mass is 396 g/mol. The van der Waals surface area contributed by atoms with E-state index in [1.807, 2.05) is 0 Å². The van der Waals surface area contributed by atoms with Crippen molar-refractivity contribution in [3.05, 3.63) is 46.8 Å². The van der Waals surface area contributed by atoms with E-state index in [-0.39, 0.29) is 17.7 Å². The predicted molar refractivity (Wildman–Crippen MR) is 79.4 cm³/mol. The van der Waals surface area contributed by atoms with Crippen LogP contribution in [-0.2, 0) is 22.8 Å². The van der Waals surface area contributed by atoms with Gasteiger partial charge in [0, 0.05) is 18.2 Å². The molecule has 1 N–H and O–H groups in total. The molecule has 0 unspecified atom stereocenters. The molecule has 2 aromatic rings. The summed E-state index contributed by atoms with van der Waals surface area (Å²) in [5, 5.41) is 13.8. The molecule has 1 aliphatic rings. The van der Waals surface area contributed by atoms with Crippen LogP contribution in [0.2, 0.25) is 0 Å². The summed E-state index contributed by atoms with van der Waals surface area (Å²) < 4.78 is 91.5. The zero-order chi connectivity index (χ0) is 19.5. The first-order chi connectivity index (χ1) is 11.8. The number of sulfone groups is 1. The van der Waals surface area contributed by atoms with Gasteiger partial charge in [-0.3, -0.25) is 4.68 Å². The molecule has 11 heteroatoms. The SMILES string of the molecule is Cc1cnn(Cc2ccc(S(=O)(=O)C(F)(F)F)c3c2CC(F)(F)[C@H]3O)c1. The number of aromatic nitrogens is 2. The van der Waals surface area contributed by atoms with Gasteiger partial charge in [-0.15, -0.1) is 0 Å². The molecule has 142 valence electrons. The molecule has 1 atom stereocenters. The standard InChI is InChI=1S/C15H13F5N2O3S/c1-8-5-21-22(6-8)7-9-2-3-11(26(24,25)15(18,19)20)12-10(9)4-14(16,17)13(12)23/h2-3,5-6,13,23H,4,7H2,1H3/t13-/m0/s1. The van der Waals surface area contributed by atoms with E-state index in [9.17, 15) is 35.5 Å². The zero-order valence-electron chi connectivity index (χ0n) is 13.3. The molecule has 0 radical (unpaired) electrons. The van der Waals surface area contributed by atoms with E-state index in [0.717, 1.165) is 11.6 Å². The van der Waals surface area contributed by atoms with E-state index in [2.05, 4.69) is 5.10 Å². The van der Waals surface area contributed by atoms with Crippen LogP contribution in [0.5, 0.6) is 0 Å². The molecule has 1 aromatic heterocycles. The number of hydrogen-bond acceptors (Lipinski definition) is 4. The Hall–Kier alpha value is -2.01. The van der Waals surface area contributed by atoms with Gasteiger partial charge in [-0.25, -0.2) is 17.2 Å². The molecule has 0 aliphatic heterocycles. The molecule has 5 nitrogen and oxygen atoms in total. The topological polar surface area (TPSA) is 72.2 Å². The van der Waals surface area contributed by atoms with Crippen LogP contribution in [0.4, 0.5) is 22.0 Å². The van der Waals surface area contributed by atoms with Crippen LogP contribution in [0, 0.1) is 6.92 Å². The maximum Gasteiger partial charge on any atom is 0.501 e. The molecule has 0 saturated heterocycles. The van der Waals surface area contributed by atoms with Gasteiger partial charge in [0.25, 0.3) is 15.8 Å². The lowest BCUT2D eigenvalue weighted by Crippen LogP contribution is -2.26. The second kappa shape index (κ2) is 5.74. The predicted octanol–water partition coefficient (Wildman–Crippen LogP) is 2.76. The Morgan fingerprint density at radius 2 is 2.00 bits per heavy atom. The number of rotatable bonds is 3. The van der Waals surface area contributed by atoms with E-state index in [4.69, 9.17) is 0 Å². The van der Waals surface area contributed by atoms with Gasteiger partial charge in [0.2, 0.25) is 0 Å². The maximum absolute atomic E-state index is 14.0. The molecule has 0 fully saturated rings. The minimum atomic E-state index is -5.89. The number of nitrogens with zero attached hydrogens (tertiary/aromatic N) is 2. The van der Waals surface area contributed by atoms with Crippen molar-refractivity contribution < 1.29 is 35.5 Å². The molecule has 0 bridgehead atoms. The average molecular weight is 396 g/mol. The van der Waals surface area contributed by atoms with Crippen LogP contribution in [-0.4, -0.2) is 34.7 Å². The van der Waals surface area contributed by atoms with Crippen molar-refractivity contribution in [2.45, 2.75) is 42.3 Å². The van der Waals surface area contributed by atoms with Gasteiger partial charge < -0.3 is 5.11 Å². The molecule has 0 spiro atoms. The van der Waals surface area contributed by atoms with Crippen LogP contribution in [0.3, 0.4) is 0 Å². The summed E-state index contributed by atoms with van der Waals surface area (Å²) in [6, 6.07) is 1.65. The van der Waals surface area contributed by atoms with Gasteiger partial charge >= 0.3 is 5.51 Å². The normalized spacial score (nSPS) is 19.6. The number of aliphatic hydroxyl groups excluding tert-OH is 1. The van der Waals surface area contributed by atoms with E-state index in [0.29, 0.717) is 6.07 Å². The molecular weight excluding hydrogens is 383 g/mol. The molecule has 1 aliphatic carbocycles. The third-order valence-electron chi connectivity index (χ3n) is 4.19. The second-order valence-electron chi connectivity index (χ2n) is 6.12. The Labute approximate surface area is 145 Å². The van der Waals surface area contributed by atoms with Crippen molar-refractivity contribution >= 4 is 9.84 Å². The highest BCUT2D eigenvalue weighted by Gasteiger charge is 2.54. The van der Waals surface area contributed by atoms with Crippen LogP contribution >= 0.6 is 0 Å². The van der Waals surface area contributed by atoms with Crippen LogP contribution in [0.1, 0.15) is 28.4 Å². The summed E-state index contributed by atoms with van der Waals surface area (Å²) >= 11 is 0. The highest BCUT2D eigenvalue weighted by molar-refractivity contribution is 7.92. The van der Waals surface area contributed by atoms with Gasteiger partial charge in [-0.05, 0) is 29.7 Å². The summed E-state index contributed by atoms with van der Waals surface area (Å²) in [7, 11) is -5.89. The van der Waals surface area contributed by atoms with Gasteiger partial charge in [0.15, 0.2) is 0 Å². The quantitative estimate of drug-likeness (QED) is 0.810. The Kier molecular flexibility index (Phi) is 4.15. The fourth-order valence-corrected chi connectivity index (χ4v) is 4.00. The lowest BCUT2D eigenvalue weighted by molar-refractivity contribution is -0.0978.